The molecular formula is C32H27N7. The van der Waals surface area contributed by atoms with E-state index < -0.39 is 0 Å². The van der Waals surface area contributed by atoms with Crippen molar-refractivity contribution < 1.29 is 0 Å². The van der Waals surface area contributed by atoms with E-state index in [0.717, 1.165) is 68.8 Å². The number of fused-ring (bicyclic) bond motifs is 3. The van der Waals surface area contributed by atoms with Crippen molar-refractivity contribution in [2.45, 2.75) is 38.0 Å². The van der Waals surface area contributed by atoms with Crippen molar-refractivity contribution in [1.82, 2.24) is 33.9 Å². The molecule has 3 aromatic carbocycles. The highest BCUT2D eigenvalue weighted by atomic mass is 15.3. The fraction of sp³-hybridized carbons (Fsp3) is 0.188. The average molecular weight is 510 g/mol. The zero-order valence-electron chi connectivity index (χ0n) is 21.5. The van der Waals surface area contributed by atoms with Gasteiger partial charge in [0.25, 0.3) is 0 Å². The number of rotatable bonds is 4. The first-order chi connectivity index (χ1) is 19.3. The van der Waals surface area contributed by atoms with Gasteiger partial charge in [0.1, 0.15) is 23.7 Å². The van der Waals surface area contributed by atoms with Gasteiger partial charge >= 0.3 is 0 Å². The first-order valence-corrected chi connectivity index (χ1v) is 13.7. The zero-order valence-corrected chi connectivity index (χ0v) is 21.5. The van der Waals surface area contributed by atoms with Gasteiger partial charge in [-0.1, -0.05) is 55.7 Å². The van der Waals surface area contributed by atoms with E-state index in [1.54, 1.807) is 0 Å². The van der Waals surface area contributed by atoms with E-state index >= 15 is 0 Å². The predicted octanol–water partition coefficient (Wildman–Crippen LogP) is 7.15. The molecule has 7 aromatic rings. The normalized spacial score (nSPS) is 14.6. The van der Waals surface area contributed by atoms with Crippen LogP contribution in [0.1, 0.15) is 43.7 Å². The molecule has 4 heterocycles. The van der Waals surface area contributed by atoms with Crippen molar-refractivity contribution in [2.75, 3.05) is 0 Å². The summed E-state index contributed by atoms with van der Waals surface area (Å²) >= 11 is 0. The Morgan fingerprint density at radius 2 is 1.31 bits per heavy atom. The zero-order chi connectivity index (χ0) is 25.8. The maximum atomic E-state index is 5.24. The molecule has 0 amide bonds. The van der Waals surface area contributed by atoms with Gasteiger partial charge in [0.15, 0.2) is 5.65 Å². The molecule has 8 rings (SSSR count). The second kappa shape index (κ2) is 8.91. The van der Waals surface area contributed by atoms with E-state index in [2.05, 4.69) is 57.7 Å². The number of aromatic nitrogens is 7. The van der Waals surface area contributed by atoms with Crippen LogP contribution in [-0.2, 0) is 0 Å². The molecule has 1 aliphatic rings. The number of hydrogen-bond donors (Lipinski definition) is 0. The molecule has 0 unspecified atom stereocenters. The number of para-hydroxylation sites is 2. The Morgan fingerprint density at radius 1 is 0.615 bits per heavy atom. The summed E-state index contributed by atoms with van der Waals surface area (Å²) in [7, 11) is 0. The predicted molar refractivity (Wildman–Crippen MR) is 154 cm³/mol. The molecule has 0 atom stereocenters. The highest BCUT2D eigenvalue weighted by Crippen LogP contribution is 2.37. The lowest BCUT2D eigenvalue weighted by atomic mass is 9.86. The van der Waals surface area contributed by atoms with Crippen LogP contribution < -0.4 is 0 Å². The topological polar surface area (TPSA) is 66.3 Å². The molecule has 1 saturated carbocycles. The van der Waals surface area contributed by atoms with Gasteiger partial charge in [-0.25, -0.2) is 19.6 Å². The minimum Gasteiger partial charge on any atom is -0.299 e. The van der Waals surface area contributed by atoms with Crippen molar-refractivity contribution in [3.05, 3.63) is 103 Å². The molecule has 0 saturated heterocycles. The molecule has 1 fully saturated rings. The summed E-state index contributed by atoms with van der Waals surface area (Å²) in [5, 5.41) is 5.24. The number of nitrogens with zero attached hydrogens (tertiary/aromatic N) is 7. The summed E-state index contributed by atoms with van der Waals surface area (Å²) in [5.41, 5.74) is 9.91. The largest absolute Gasteiger partial charge is 0.299 e. The Morgan fingerprint density at radius 3 is 2.08 bits per heavy atom. The van der Waals surface area contributed by atoms with Crippen LogP contribution in [0, 0.1) is 0 Å². The molecule has 0 aliphatic heterocycles. The fourth-order valence-electron chi connectivity index (χ4n) is 6.04. The summed E-state index contributed by atoms with van der Waals surface area (Å²) < 4.78 is 6.24. The lowest BCUT2D eigenvalue weighted by Crippen LogP contribution is -2.07. The van der Waals surface area contributed by atoms with Gasteiger partial charge in [-0.2, -0.15) is 5.10 Å². The molecule has 0 spiro atoms. The van der Waals surface area contributed by atoms with Gasteiger partial charge < -0.3 is 0 Å². The number of pyridine rings is 1. The Labute approximate surface area is 225 Å². The molecule has 0 N–H and O–H groups in total. The summed E-state index contributed by atoms with van der Waals surface area (Å²) in [6.07, 6.45) is 9.85. The van der Waals surface area contributed by atoms with E-state index in [-0.39, 0.29) is 0 Å². The van der Waals surface area contributed by atoms with E-state index in [9.17, 15) is 0 Å². The van der Waals surface area contributed by atoms with Gasteiger partial charge in [0, 0.05) is 17.3 Å². The van der Waals surface area contributed by atoms with Crippen molar-refractivity contribution in [1.29, 1.82) is 0 Å². The van der Waals surface area contributed by atoms with E-state index in [1.807, 2.05) is 53.7 Å². The number of benzene rings is 3. The summed E-state index contributed by atoms with van der Waals surface area (Å²) in [5.74, 6) is 0.418. The second-order valence-electron chi connectivity index (χ2n) is 10.4. The van der Waals surface area contributed by atoms with Crippen LogP contribution in [-0.4, -0.2) is 33.9 Å². The van der Waals surface area contributed by atoms with Crippen LogP contribution in [0.4, 0.5) is 0 Å². The molecule has 7 heteroatoms. The van der Waals surface area contributed by atoms with Crippen LogP contribution >= 0.6 is 0 Å². The van der Waals surface area contributed by atoms with Gasteiger partial charge in [-0.05, 0) is 61.4 Å². The Hall–Kier alpha value is -4.78. The lowest BCUT2D eigenvalue weighted by Gasteiger charge is -2.19. The van der Waals surface area contributed by atoms with Crippen LogP contribution in [0.25, 0.3) is 50.3 Å². The summed E-state index contributed by atoms with van der Waals surface area (Å²) in [6, 6.07) is 29.1. The number of imidazole rings is 2. The Bertz CT molecular complexity index is 1940. The maximum Gasteiger partial charge on any atom is 0.165 e. The third kappa shape index (κ3) is 3.65. The van der Waals surface area contributed by atoms with E-state index in [0.29, 0.717) is 5.92 Å². The van der Waals surface area contributed by atoms with Crippen LogP contribution in [0.3, 0.4) is 0 Å². The molecule has 39 heavy (non-hydrogen) atoms. The van der Waals surface area contributed by atoms with Gasteiger partial charge in [-0.15, -0.1) is 0 Å². The maximum absolute atomic E-state index is 5.24. The average Bonchev–Trinajstić information content (AvgIpc) is 3.72. The summed E-state index contributed by atoms with van der Waals surface area (Å²) in [6.45, 7) is 0. The van der Waals surface area contributed by atoms with Gasteiger partial charge in [0.2, 0.25) is 0 Å². The highest BCUT2D eigenvalue weighted by Gasteiger charge is 2.25. The van der Waals surface area contributed by atoms with E-state index in [1.165, 1.54) is 19.3 Å². The van der Waals surface area contributed by atoms with E-state index in [4.69, 9.17) is 20.1 Å². The molecule has 4 aromatic heterocycles. The third-order valence-electron chi connectivity index (χ3n) is 8.02. The van der Waals surface area contributed by atoms with Crippen LogP contribution in [0.2, 0.25) is 0 Å². The van der Waals surface area contributed by atoms with Gasteiger partial charge in [0.05, 0.1) is 27.9 Å². The summed E-state index contributed by atoms with van der Waals surface area (Å²) in [4.78, 5) is 14.7. The van der Waals surface area contributed by atoms with Crippen molar-refractivity contribution in [2.24, 2.45) is 0 Å². The molecule has 0 bridgehead atoms. The Kier molecular flexibility index (Phi) is 5.08. The third-order valence-corrected chi connectivity index (χ3v) is 8.02. The number of hydrogen-bond acceptors (Lipinski definition) is 4. The SMILES string of the molecule is c1ccc(-n2cnc3cc(-n4nc(C5CCCCC5)c5nc6c(cc54)ncn6-c4ccccc4)ccc32)cc1. The first kappa shape index (κ1) is 22.2. The molecule has 1 aliphatic carbocycles. The van der Waals surface area contributed by atoms with Crippen molar-refractivity contribution in [3.63, 3.8) is 0 Å². The lowest BCUT2D eigenvalue weighted by molar-refractivity contribution is 0.436. The second-order valence-corrected chi connectivity index (χ2v) is 10.4. The quantitative estimate of drug-likeness (QED) is 0.253. The smallest absolute Gasteiger partial charge is 0.165 e. The minimum atomic E-state index is 0.418. The van der Waals surface area contributed by atoms with Crippen molar-refractivity contribution >= 4 is 33.2 Å². The van der Waals surface area contributed by atoms with Crippen LogP contribution in [0.15, 0.2) is 97.6 Å². The van der Waals surface area contributed by atoms with Crippen LogP contribution in [0.5, 0.6) is 0 Å². The molecular weight excluding hydrogens is 482 g/mol. The first-order valence-electron chi connectivity index (χ1n) is 13.7. The standard InChI is InChI=1S/C32H27N7/c1-4-10-22(11-5-1)30-31-29(19-27-32(35-31)38(21-34-27)24-14-8-3-9-15-24)39(36-30)25-16-17-28-26(18-25)33-20-37(28)23-12-6-2-7-13-23/h2-3,6-9,12-22H,1,4-5,10-11H2. The molecule has 190 valence electrons. The Balaban J connectivity index is 1.31. The monoisotopic (exact) mass is 509 g/mol. The molecule has 7 nitrogen and oxygen atoms in total. The minimum absolute atomic E-state index is 0.418. The molecule has 0 radical (unpaired) electrons. The van der Waals surface area contributed by atoms with Crippen molar-refractivity contribution in [3.8, 4) is 17.1 Å². The fourth-order valence-corrected chi connectivity index (χ4v) is 6.04. The van der Waals surface area contributed by atoms with Gasteiger partial charge in [-0.3, -0.25) is 9.13 Å². The highest BCUT2D eigenvalue weighted by molar-refractivity contribution is 5.91.